The molecule has 0 amide bonds. The Hall–Kier alpha value is -1.42. The van der Waals surface area contributed by atoms with Crippen molar-refractivity contribution in [2.24, 2.45) is 0 Å². The fourth-order valence-corrected chi connectivity index (χ4v) is 2.57. The Morgan fingerprint density at radius 3 is 2.30 bits per heavy atom. The SMILES string of the molecule is CCN(CC)C(C)(CC)C(=O)c1ccc(OC)c(F)c1. The van der Waals surface area contributed by atoms with Gasteiger partial charge < -0.3 is 4.74 Å². The number of likely N-dealkylation sites (N-methyl/N-ethyl adjacent to an activating group) is 1. The van der Waals surface area contributed by atoms with E-state index in [-0.39, 0.29) is 11.5 Å². The second-order valence-electron chi connectivity index (χ2n) is 4.98. The Morgan fingerprint density at radius 2 is 1.90 bits per heavy atom. The minimum atomic E-state index is -0.607. The molecule has 1 atom stereocenters. The van der Waals surface area contributed by atoms with E-state index in [1.807, 2.05) is 27.7 Å². The lowest BCUT2D eigenvalue weighted by Crippen LogP contribution is -2.51. The lowest BCUT2D eigenvalue weighted by molar-refractivity contribution is 0.0607. The smallest absolute Gasteiger partial charge is 0.182 e. The first-order valence-corrected chi connectivity index (χ1v) is 7.07. The number of rotatable bonds is 7. The van der Waals surface area contributed by atoms with E-state index in [0.717, 1.165) is 13.1 Å². The minimum Gasteiger partial charge on any atom is -0.494 e. The van der Waals surface area contributed by atoms with Crippen LogP contribution in [0.5, 0.6) is 5.75 Å². The lowest BCUT2D eigenvalue weighted by Gasteiger charge is -2.38. The summed E-state index contributed by atoms with van der Waals surface area (Å²) in [6.07, 6.45) is 0.682. The van der Waals surface area contributed by atoms with Crippen molar-refractivity contribution in [3.63, 3.8) is 0 Å². The van der Waals surface area contributed by atoms with Crippen LogP contribution in [0, 0.1) is 5.82 Å². The number of benzene rings is 1. The maximum absolute atomic E-state index is 13.8. The molecule has 1 unspecified atom stereocenters. The second-order valence-corrected chi connectivity index (χ2v) is 4.98. The fraction of sp³-hybridized carbons (Fsp3) is 0.562. The Balaban J connectivity index is 3.17. The quantitative estimate of drug-likeness (QED) is 0.716. The largest absolute Gasteiger partial charge is 0.494 e. The molecule has 0 saturated carbocycles. The van der Waals surface area contributed by atoms with Gasteiger partial charge in [0.05, 0.1) is 12.6 Å². The molecule has 1 rings (SSSR count). The van der Waals surface area contributed by atoms with Gasteiger partial charge in [-0.15, -0.1) is 0 Å². The minimum absolute atomic E-state index is 0.0507. The molecule has 0 saturated heterocycles. The Kier molecular flexibility index (Phi) is 5.69. The summed E-state index contributed by atoms with van der Waals surface area (Å²) in [5.74, 6) is -0.399. The van der Waals surface area contributed by atoms with Gasteiger partial charge in [-0.25, -0.2) is 4.39 Å². The highest BCUT2D eigenvalue weighted by atomic mass is 19.1. The zero-order valence-corrected chi connectivity index (χ0v) is 13.0. The molecule has 0 radical (unpaired) electrons. The summed E-state index contributed by atoms with van der Waals surface area (Å²) >= 11 is 0. The van der Waals surface area contributed by atoms with Crippen molar-refractivity contribution < 1.29 is 13.9 Å². The summed E-state index contributed by atoms with van der Waals surface area (Å²) in [5, 5.41) is 0. The van der Waals surface area contributed by atoms with Crippen LogP contribution >= 0.6 is 0 Å². The molecule has 112 valence electrons. The topological polar surface area (TPSA) is 29.5 Å². The van der Waals surface area contributed by atoms with Crippen LogP contribution in [0.3, 0.4) is 0 Å². The van der Waals surface area contributed by atoms with Crippen LogP contribution in [0.15, 0.2) is 18.2 Å². The van der Waals surface area contributed by atoms with Crippen molar-refractivity contribution in [2.75, 3.05) is 20.2 Å². The predicted octanol–water partition coefficient (Wildman–Crippen LogP) is 3.53. The van der Waals surface area contributed by atoms with Crippen molar-refractivity contribution in [3.05, 3.63) is 29.6 Å². The van der Waals surface area contributed by atoms with Gasteiger partial charge in [0.1, 0.15) is 0 Å². The molecule has 0 bridgehead atoms. The average Bonchev–Trinajstić information content (AvgIpc) is 2.47. The van der Waals surface area contributed by atoms with Crippen molar-refractivity contribution >= 4 is 5.78 Å². The van der Waals surface area contributed by atoms with Crippen molar-refractivity contribution in [2.45, 2.75) is 39.7 Å². The van der Waals surface area contributed by atoms with E-state index < -0.39 is 11.4 Å². The summed E-state index contributed by atoms with van der Waals surface area (Å²) < 4.78 is 18.7. The van der Waals surface area contributed by atoms with Crippen LogP contribution in [0.1, 0.15) is 44.5 Å². The van der Waals surface area contributed by atoms with Gasteiger partial charge in [-0.3, -0.25) is 9.69 Å². The zero-order chi connectivity index (χ0) is 15.3. The maximum Gasteiger partial charge on any atom is 0.182 e. The number of carbonyl (C=O) groups is 1. The Morgan fingerprint density at radius 1 is 1.30 bits per heavy atom. The molecule has 0 heterocycles. The van der Waals surface area contributed by atoms with E-state index in [1.165, 1.54) is 19.2 Å². The van der Waals surface area contributed by atoms with Gasteiger partial charge in [-0.05, 0) is 44.6 Å². The first-order chi connectivity index (χ1) is 9.44. The number of hydrogen-bond acceptors (Lipinski definition) is 3. The number of ketones is 1. The van der Waals surface area contributed by atoms with Crippen molar-refractivity contribution in [1.82, 2.24) is 4.90 Å². The second kappa shape index (κ2) is 6.84. The van der Waals surface area contributed by atoms with Gasteiger partial charge in [0.25, 0.3) is 0 Å². The molecule has 0 aliphatic heterocycles. The number of ether oxygens (including phenoxy) is 1. The highest BCUT2D eigenvalue weighted by molar-refractivity contribution is 6.03. The van der Waals surface area contributed by atoms with Gasteiger partial charge in [0.2, 0.25) is 0 Å². The Labute approximate surface area is 120 Å². The van der Waals surface area contributed by atoms with E-state index in [0.29, 0.717) is 12.0 Å². The van der Waals surface area contributed by atoms with Gasteiger partial charge in [-0.1, -0.05) is 20.8 Å². The first-order valence-electron chi connectivity index (χ1n) is 7.07. The molecule has 1 aromatic rings. The highest BCUT2D eigenvalue weighted by Crippen LogP contribution is 2.26. The number of methoxy groups -OCH3 is 1. The molecule has 0 fully saturated rings. The molecular formula is C16H24FNO2. The van der Waals surface area contributed by atoms with Crippen LogP contribution in [0.2, 0.25) is 0 Å². The Bertz CT molecular complexity index is 472. The van der Waals surface area contributed by atoms with E-state index in [4.69, 9.17) is 4.74 Å². The summed E-state index contributed by atoms with van der Waals surface area (Å²) in [5.41, 5.74) is -0.218. The number of nitrogens with zero attached hydrogens (tertiary/aromatic N) is 1. The van der Waals surface area contributed by atoms with Gasteiger partial charge in [0, 0.05) is 5.56 Å². The summed E-state index contributed by atoms with van der Waals surface area (Å²) in [6.45, 7) is 9.52. The normalized spacial score (nSPS) is 14.2. The monoisotopic (exact) mass is 281 g/mol. The number of Topliss-reactive ketones (excluding diaryl/α,β-unsaturated/α-hetero) is 1. The first kappa shape index (κ1) is 16.6. The molecule has 20 heavy (non-hydrogen) atoms. The third-order valence-corrected chi connectivity index (χ3v) is 4.05. The molecule has 4 heteroatoms. The van der Waals surface area contributed by atoms with Crippen LogP contribution < -0.4 is 4.74 Å². The molecule has 0 N–H and O–H groups in total. The molecule has 1 aromatic carbocycles. The molecule has 3 nitrogen and oxygen atoms in total. The molecule has 0 aliphatic carbocycles. The fourth-order valence-electron chi connectivity index (χ4n) is 2.57. The van der Waals surface area contributed by atoms with E-state index in [2.05, 4.69) is 4.90 Å². The summed E-state index contributed by atoms with van der Waals surface area (Å²) in [6, 6.07) is 4.39. The molecule has 0 aliphatic rings. The van der Waals surface area contributed by atoms with Gasteiger partial charge in [-0.2, -0.15) is 0 Å². The number of hydrogen-bond donors (Lipinski definition) is 0. The maximum atomic E-state index is 13.8. The van der Waals surface area contributed by atoms with E-state index >= 15 is 0 Å². The van der Waals surface area contributed by atoms with E-state index in [1.54, 1.807) is 6.07 Å². The zero-order valence-electron chi connectivity index (χ0n) is 13.0. The van der Waals surface area contributed by atoms with Crippen LogP contribution in [-0.2, 0) is 0 Å². The summed E-state index contributed by atoms with van der Waals surface area (Å²) in [7, 11) is 1.41. The standard InChI is InChI=1S/C16H24FNO2/c1-6-16(4,18(7-2)8-3)15(19)12-9-10-14(20-5)13(17)11-12/h9-11H,6-8H2,1-5H3. The van der Waals surface area contributed by atoms with Crippen LogP contribution in [0.25, 0.3) is 0 Å². The molecule has 0 spiro atoms. The van der Waals surface area contributed by atoms with E-state index in [9.17, 15) is 9.18 Å². The molecule has 0 aromatic heterocycles. The van der Waals surface area contributed by atoms with Gasteiger partial charge in [0.15, 0.2) is 17.3 Å². The van der Waals surface area contributed by atoms with Crippen molar-refractivity contribution in [3.8, 4) is 5.75 Å². The summed E-state index contributed by atoms with van der Waals surface area (Å²) in [4.78, 5) is 14.9. The lowest BCUT2D eigenvalue weighted by atomic mass is 9.86. The van der Waals surface area contributed by atoms with Crippen LogP contribution in [-0.4, -0.2) is 36.4 Å². The number of carbonyl (C=O) groups excluding carboxylic acids is 1. The average molecular weight is 281 g/mol. The predicted molar refractivity (Wildman–Crippen MR) is 78.9 cm³/mol. The third kappa shape index (κ3) is 3.01. The highest BCUT2D eigenvalue weighted by Gasteiger charge is 2.36. The number of halogens is 1. The third-order valence-electron chi connectivity index (χ3n) is 4.05. The van der Waals surface area contributed by atoms with Gasteiger partial charge >= 0.3 is 0 Å². The molecular weight excluding hydrogens is 257 g/mol. The van der Waals surface area contributed by atoms with Crippen LogP contribution in [0.4, 0.5) is 4.39 Å². The van der Waals surface area contributed by atoms with Crippen molar-refractivity contribution in [1.29, 1.82) is 0 Å².